The van der Waals surface area contributed by atoms with Gasteiger partial charge in [-0.1, -0.05) is 12.1 Å². The van der Waals surface area contributed by atoms with Gasteiger partial charge < -0.3 is 10.1 Å². The number of anilines is 1. The zero-order chi connectivity index (χ0) is 13.7. The maximum atomic E-state index is 12.6. The summed E-state index contributed by atoms with van der Waals surface area (Å²) in [5.41, 5.74) is 1.34. The summed E-state index contributed by atoms with van der Waals surface area (Å²) in [5, 5.41) is 2.65. The first kappa shape index (κ1) is 13.0. The van der Waals surface area contributed by atoms with Gasteiger partial charge in [-0.2, -0.15) is 4.39 Å². The van der Waals surface area contributed by atoms with Gasteiger partial charge in [0.1, 0.15) is 5.75 Å². The second-order valence-corrected chi connectivity index (χ2v) is 3.94. The SMILES string of the molecule is COc1ccc(CC(=O)Nc2ccc(F)nc2)cc1. The number of rotatable bonds is 4. The fourth-order valence-corrected chi connectivity index (χ4v) is 1.58. The second-order valence-electron chi connectivity index (χ2n) is 3.94. The van der Waals surface area contributed by atoms with Gasteiger partial charge in [0.25, 0.3) is 0 Å². The van der Waals surface area contributed by atoms with Gasteiger partial charge in [-0.05, 0) is 29.8 Å². The predicted octanol–water partition coefficient (Wildman–Crippen LogP) is 2.41. The van der Waals surface area contributed by atoms with Crippen LogP contribution >= 0.6 is 0 Å². The molecule has 19 heavy (non-hydrogen) atoms. The normalized spacial score (nSPS) is 10.0. The average Bonchev–Trinajstić information content (AvgIpc) is 2.42. The van der Waals surface area contributed by atoms with Gasteiger partial charge in [0.2, 0.25) is 11.9 Å². The predicted molar refractivity (Wildman–Crippen MR) is 69.5 cm³/mol. The van der Waals surface area contributed by atoms with Gasteiger partial charge in [-0.3, -0.25) is 4.79 Å². The van der Waals surface area contributed by atoms with Crippen molar-refractivity contribution in [2.45, 2.75) is 6.42 Å². The minimum Gasteiger partial charge on any atom is -0.497 e. The Morgan fingerprint density at radius 2 is 2.00 bits per heavy atom. The minimum atomic E-state index is -0.576. The van der Waals surface area contributed by atoms with E-state index in [1.54, 1.807) is 19.2 Å². The van der Waals surface area contributed by atoms with Gasteiger partial charge in [-0.15, -0.1) is 0 Å². The standard InChI is InChI=1S/C14H13FN2O2/c1-19-12-5-2-10(3-6-12)8-14(18)17-11-4-7-13(15)16-9-11/h2-7,9H,8H2,1H3,(H,17,18). The molecule has 0 saturated heterocycles. The second kappa shape index (κ2) is 5.95. The Balaban J connectivity index is 1.95. The molecule has 0 aliphatic heterocycles. The summed E-state index contributed by atoms with van der Waals surface area (Å²) in [5.74, 6) is -0.0152. The van der Waals surface area contributed by atoms with Crippen molar-refractivity contribution in [1.82, 2.24) is 4.98 Å². The third-order valence-corrected chi connectivity index (χ3v) is 2.53. The third-order valence-electron chi connectivity index (χ3n) is 2.53. The quantitative estimate of drug-likeness (QED) is 0.859. The van der Waals surface area contributed by atoms with E-state index < -0.39 is 5.95 Å². The Labute approximate surface area is 110 Å². The molecule has 0 aliphatic rings. The van der Waals surface area contributed by atoms with E-state index >= 15 is 0 Å². The molecular weight excluding hydrogens is 247 g/mol. The van der Waals surface area contributed by atoms with Crippen LogP contribution in [0.25, 0.3) is 0 Å². The topological polar surface area (TPSA) is 51.2 Å². The summed E-state index contributed by atoms with van der Waals surface area (Å²) in [6.07, 6.45) is 1.52. The van der Waals surface area contributed by atoms with Gasteiger partial charge in [-0.25, -0.2) is 4.98 Å². The van der Waals surface area contributed by atoms with E-state index in [-0.39, 0.29) is 12.3 Å². The van der Waals surface area contributed by atoms with Crippen LogP contribution in [0.15, 0.2) is 42.6 Å². The lowest BCUT2D eigenvalue weighted by Gasteiger charge is -2.05. The maximum Gasteiger partial charge on any atom is 0.228 e. The average molecular weight is 260 g/mol. The van der Waals surface area contributed by atoms with Crippen molar-refractivity contribution in [3.8, 4) is 5.75 Å². The lowest BCUT2D eigenvalue weighted by Crippen LogP contribution is -2.14. The molecule has 2 aromatic rings. The summed E-state index contributed by atoms with van der Waals surface area (Å²) in [4.78, 5) is 15.2. The van der Waals surface area contributed by atoms with E-state index in [2.05, 4.69) is 10.3 Å². The zero-order valence-electron chi connectivity index (χ0n) is 10.4. The monoisotopic (exact) mass is 260 g/mol. The summed E-state index contributed by atoms with van der Waals surface area (Å²) >= 11 is 0. The summed E-state index contributed by atoms with van der Waals surface area (Å²) in [7, 11) is 1.59. The van der Waals surface area contributed by atoms with Crippen molar-refractivity contribution in [3.05, 3.63) is 54.1 Å². The van der Waals surface area contributed by atoms with Crippen LogP contribution in [-0.2, 0) is 11.2 Å². The highest BCUT2D eigenvalue weighted by Gasteiger charge is 2.05. The Morgan fingerprint density at radius 3 is 2.58 bits per heavy atom. The number of methoxy groups -OCH3 is 1. The number of hydrogen-bond acceptors (Lipinski definition) is 3. The molecule has 5 heteroatoms. The molecule has 4 nitrogen and oxygen atoms in total. The first-order valence-electron chi connectivity index (χ1n) is 5.72. The lowest BCUT2D eigenvalue weighted by atomic mass is 10.1. The Kier molecular flexibility index (Phi) is 4.07. The number of carbonyl (C=O) groups is 1. The maximum absolute atomic E-state index is 12.6. The first-order valence-corrected chi connectivity index (χ1v) is 5.72. The number of hydrogen-bond donors (Lipinski definition) is 1. The molecule has 0 aliphatic carbocycles. The van der Waals surface area contributed by atoms with Crippen LogP contribution in [-0.4, -0.2) is 18.0 Å². The van der Waals surface area contributed by atoms with Crippen LogP contribution < -0.4 is 10.1 Å². The molecule has 0 fully saturated rings. The minimum absolute atomic E-state index is 0.182. The molecule has 0 spiro atoms. The Bertz CT molecular complexity index is 553. The van der Waals surface area contributed by atoms with E-state index in [1.807, 2.05) is 12.1 Å². The molecule has 0 saturated carbocycles. The molecule has 0 bridgehead atoms. The molecular formula is C14H13FN2O2. The van der Waals surface area contributed by atoms with Crippen LogP contribution in [0, 0.1) is 5.95 Å². The van der Waals surface area contributed by atoms with Crippen molar-refractivity contribution < 1.29 is 13.9 Å². The molecule has 1 N–H and O–H groups in total. The smallest absolute Gasteiger partial charge is 0.228 e. The van der Waals surface area contributed by atoms with E-state index in [9.17, 15) is 9.18 Å². The summed E-state index contributed by atoms with van der Waals surface area (Å²) in [6, 6.07) is 9.89. The van der Waals surface area contributed by atoms with Crippen LogP contribution in [0.4, 0.5) is 10.1 Å². The molecule has 1 heterocycles. The van der Waals surface area contributed by atoms with Crippen LogP contribution in [0.3, 0.4) is 0 Å². The van der Waals surface area contributed by atoms with Gasteiger partial charge in [0.05, 0.1) is 25.4 Å². The van der Waals surface area contributed by atoms with Crippen LogP contribution in [0.5, 0.6) is 5.75 Å². The number of pyridine rings is 1. The number of aromatic nitrogens is 1. The number of nitrogens with one attached hydrogen (secondary N) is 1. The first-order chi connectivity index (χ1) is 9.17. The van der Waals surface area contributed by atoms with E-state index in [1.165, 1.54) is 18.3 Å². The molecule has 98 valence electrons. The third kappa shape index (κ3) is 3.77. The molecule has 1 amide bonds. The summed E-state index contributed by atoms with van der Waals surface area (Å²) in [6.45, 7) is 0. The van der Waals surface area contributed by atoms with E-state index in [0.29, 0.717) is 5.69 Å². The van der Waals surface area contributed by atoms with Crippen molar-refractivity contribution in [1.29, 1.82) is 0 Å². The van der Waals surface area contributed by atoms with Crippen LogP contribution in [0.1, 0.15) is 5.56 Å². The van der Waals surface area contributed by atoms with Crippen molar-refractivity contribution in [3.63, 3.8) is 0 Å². The highest BCUT2D eigenvalue weighted by atomic mass is 19.1. The number of carbonyl (C=O) groups excluding carboxylic acids is 1. The Morgan fingerprint density at radius 1 is 1.26 bits per heavy atom. The highest BCUT2D eigenvalue weighted by Crippen LogP contribution is 2.12. The van der Waals surface area contributed by atoms with Crippen molar-refractivity contribution in [2.24, 2.45) is 0 Å². The van der Waals surface area contributed by atoms with Gasteiger partial charge in [0, 0.05) is 0 Å². The van der Waals surface area contributed by atoms with Crippen molar-refractivity contribution in [2.75, 3.05) is 12.4 Å². The largest absolute Gasteiger partial charge is 0.497 e. The molecule has 2 rings (SSSR count). The molecule has 1 aromatic carbocycles. The van der Waals surface area contributed by atoms with Gasteiger partial charge in [0.15, 0.2) is 0 Å². The Hall–Kier alpha value is -2.43. The number of amides is 1. The molecule has 0 atom stereocenters. The number of benzene rings is 1. The lowest BCUT2D eigenvalue weighted by molar-refractivity contribution is -0.115. The summed E-state index contributed by atoms with van der Waals surface area (Å²) < 4.78 is 17.6. The molecule has 1 aromatic heterocycles. The molecule has 0 radical (unpaired) electrons. The fraction of sp³-hybridized carbons (Fsp3) is 0.143. The van der Waals surface area contributed by atoms with E-state index in [0.717, 1.165) is 11.3 Å². The number of halogens is 1. The van der Waals surface area contributed by atoms with Crippen molar-refractivity contribution >= 4 is 11.6 Å². The number of nitrogens with zero attached hydrogens (tertiary/aromatic N) is 1. The zero-order valence-corrected chi connectivity index (χ0v) is 10.4. The fourth-order valence-electron chi connectivity index (χ4n) is 1.58. The van der Waals surface area contributed by atoms with E-state index in [4.69, 9.17) is 4.74 Å². The van der Waals surface area contributed by atoms with Crippen LogP contribution in [0.2, 0.25) is 0 Å². The molecule has 0 unspecified atom stereocenters. The highest BCUT2D eigenvalue weighted by molar-refractivity contribution is 5.92. The van der Waals surface area contributed by atoms with Gasteiger partial charge >= 0.3 is 0 Å². The number of ether oxygens (including phenoxy) is 1.